The Morgan fingerprint density at radius 1 is 1.13 bits per heavy atom. The molecule has 0 amide bonds. The van der Waals surface area contributed by atoms with Crippen LogP contribution in [0.4, 0.5) is 0 Å². The van der Waals surface area contributed by atoms with Crippen molar-refractivity contribution in [1.29, 1.82) is 0 Å². The highest BCUT2D eigenvalue weighted by atomic mass is 31.2. The molecule has 3 heteroatoms. The van der Waals surface area contributed by atoms with Crippen LogP contribution in [0.15, 0.2) is 11.4 Å². The highest BCUT2D eigenvalue weighted by Gasteiger charge is 2.35. The fourth-order valence-corrected chi connectivity index (χ4v) is 5.18. The molecular weight excluding hydrogens is 207 g/mol. The zero-order valence-corrected chi connectivity index (χ0v) is 10.2. The molecule has 0 radical (unpaired) electrons. The van der Waals surface area contributed by atoms with Gasteiger partial charge in [-0.15, -0.1) is 0 Å². The average molecular weight is 228 g/mol. The SMILES string of the molecule is O=P(O)(C1=CCCCC1)C1CCCCC1. The van der Waals surface area contributed by atoms with Crippen molar-refractivity contribution in [3.8, 4) is 0 Å². The van der Waals surface area contributed by atoms with E-state index >= 15 is 0 Å². The molecule has 2 rings (SSSR count). The molecule has 1 N–H and O–H groups in total. The predicted octanol–water partition coefficient (Wildman–Crippen LogP) is 4.05. The molecule has 0 aromatic heterocycles. The maximum atomic E-state index is 12.4. The molecule has 1 unspecified atom stereocenters. The molecule has 1 saturated carbocycles. The molecule has 15 heavy (non-hydrogen) atoms. The normalized spacial score (nSPS) is 28.2. The summed E-state index contributed by atoms with van der Waals surface area (Å²) in [6.07, 6.45) is 11.7. The fourth-order valence-electron chi connectivity index (χ4n) is 2.78. The Labute approximate surface area is 92.2 Å². The molecule has 1 atom stereocenters. The van der Waals surface area contributed by atoms with Crippen molar-refractivity contribution in [3.05, 3.63) is 11.4 Å². The third-order valence-corrected chi connectivity index (χ3v) is 6.48. The van der Waals surface area contributed by atoms with Crippen molar-refractivity contribution in [3.63, 3.8) is 0 Å². The minimum Gasteiger partial charge on any atom is -0.341 e. The van der Waals surface area contributed by atoms with E-state index in [-0.39, 0.29) is 5.66 Å². The molecule has 0 spiro atoms. The van der Waals surface area contributed by atoms with E-state index in [1.165, 1.54) is 12.8 Å². The summed E-state index contributed by atoms with van der Waals surface area (Å²) in [6, 6.07) is 0. The Morgan fingerprint density at radius 2 is 1.87 bits per heavy atom. The Hall–Kier alpha value is -0.0700. The summed E-state index contributed by atoms with van der Waals surface area (Å²) in [7, 11) is -2.98. The first-order chi connectivity index (χ1) is 7.21. The van der Waals surface area contributed by atoms with Crippen molar-refractivity contribution in [2.45, 2.75) is 63.4 Å². The van der Waals surface area contributed by atoms with Gasteiger partial charge in [0, 0.05) is 11.0 Å². The minimum absolute atomic E-state index is 0.0793. The molecule has 1 fully saturated rings. The summed E-state index contributed by atoms with van der Waals surface area (Å²) in [6.45, 7) is 0. The number of hydrogen-bond acceptors (Lipinski definition) is 1. The maximum Gasteiger partial charge on any atom is 0.228 e. The third-order valence-electron chi connectivity index (χ3n) is 3.75. The molecule has 0 saturated heterocycles. The second-order valence-electron chi connectivity index (χ2n) is 4.86. The first-order valence-corrected chi connectivity index (χ1v) is 7.96. The van der Waals surface area contributed by atoms with E-state index in [1.54, 1.807) is 0 Å². The van der Waals surface area contributed by atoms with Crippen LogP contribution in [0.3, 0.4) is 0 Å². The van der Waals surface area contributed by atoms with Crippen molar-refractivity contribution < 1.29 is 9.46 Å². The van der Waals surface area contributed by atoms with Crippen molar-refractivity contribution in [1.82, 2.24) is 0 Å². The number of allylic oxidation sites excluding steroid dienone is 2. The van der Waals surface area contributed by atoms with Crippen molar-refractivity contribution in [2.75, 3.05) is 0 Å². The van der Waals surface area contributed by atoms with E-state index in [2.05, 4.69) is 0 Å². The van der Waals surface area contributed by atoms with E-state index in [0.29, 0.717) is 0 Å². The van der Waals surface area contributed by atoms with Gasteiger partial charge in [0.15, 0.2) is 0 Å². The van der Waals surface area contributed by atoms with Crippen LogP contribution in [0, 0.1) is 0 Å². The second-order valence-corrected chi connectivity index (χ2v) is 7.41. The molecule has 0 heterocycles. The molecule has 2 aliphatic carbocycles. The largest absolute Gasteiger partial charge is 0.341 e. The standard InChI is InChI=1S/C12H21O2P/c13-15(14,11-7-3-1-4-8-11)12-9-5-2-6-10-12/h7,12H,1-6,8-10H2,(H,13,14). The molecule has 0 aromatic carbocycles. The Morgan fingerprint density at radius 3 is 2.47 bits per heavy atom. The number of hydrogen-bond donors (Lipinski definition) is 1. The van der Waals surface area contributed by atoms with Crippen LogP contribution in [0.5, 0.6) is 0 Å². The number of rotatable bonds is 2. The van der Waals surface area contributed by atoms with E-state index in [4.69, 9.17) is 0 Å². The zero-order chi connectivity index (χ0) is 10.7. The van der Waals surface area contributed by atoms with Crippen molar-refractivity contribution >= 4 is 7.37 Å². The van der Waals surface area contributed by atoms with Gasteiger partial charge in [-0.25, -0.2) is 0 Å². The summed E-state index contributed by atoms with van der Waals surface area (Å²) >= 11 is 0. The van der Waals surface area contributed by atoms with Crippen LogP contribution in [0.1, 0.15) is 57.8 Å². The van der Waals surface area contributed by atoms with E-state index in [1.807, 2.05) is 6.08 Å². The molecule has 0 aliphatic heterocycles. The lowest BCUT2D eigenvalue weighted by Crippen LogP contribution is -2.14. The Bertz CT molecular complexity index is 290. The predicted molar refractivity (Wildman–Crippen MR) is 63.2 cm³/mol. The summed E-state index contributed by atoms with van der Waals surface area (Å²) in [5.41, 5.74) is 0.0793. The van der Waals surface area contributed by atoms with Crippen LogP contribution in [0.25, 0.3) is 0 Å². The lowest BCUT2D eigenvalue weighted by molar-refractivity contribution is 0.425. The van der Waals surface area contributed by atoms with Gasteiger partial charge in [0.2, 0.25) is 7.37 Å². The first kappa shape index (κ1) is 11.4. The van der Waals surface area contributed by atoms with E-state index < -0.39 is 7.37 Å². The third kappa shape index (κ3) is 2.54. The van der Waals surface area contributed by atoms with Gasteiger partial charge in [-0.1, -0.05) is 25.3 Å². The lowest BCUT2D eigenvalue weighted by Gasteiger charge is -2.29. The molecule has 0 bridgehead atoms. The quantitative estimate of drug-likeness (QED) is 0.724. The summed E-state index contributed by atoms with van der Waals surface area (Å²) < 4.78 is 12.4. The van der Waals surface area contributed by atoms with Gasteiger partial charge in [0.05, 0.1) is 0 Å². The topological polar surface area (TPSA) is 37.3 Å². The average Bonchev–Trinajstić information content (AvgIpc) is 2.31. The Balaban J connectivity index is 2.09. The van der Waals surface area contributed by atoms with E-state index in [9.17, 15) is 9.46 Å². The summed E-state index contributed by atoms with van der Waals surface area (Å²) in [5, 5.41) is 0.889. The van der Waals surface area contributed by atoms with Gasteiger partial charge in [-0.3, -0.25) is 4.57 Å². The Kier molecular flexibility index (Phi) is 3.69. The monoisotopic (exact) mass is 228 g/mol. The first-order valence-electron chi connectivity index (χ1n) is 6.23. The van der Waals surface area contributed by atoms with Gasteiger partial charge < -0.3 is 4.89 Å². The molecule has 0 aromatic rings. The highest BCUT2D eigenvalue weighted by molar-refractivity contribution is 7.63. The zero-order valence-electron chi connectivity index (χ0n) is 9.32. The molecule has 2 aliphatic rings. The second kappa shape index (κ2) is 4.84. The van der Waals surface area contributed by atoms with Crippen LogP contribution < -0.4 is 0 Å². The molecule has 2 nitrogen and oxygen atoms in total. The molecular formula is C12H21O2P. The summed E-state index contributed by atoms with van der Waals surface area (Å²) in [5.74, 6) is 0. The highest BCUT2D eigenvalue weighted by Crippen LogP contribution is 2.60. The summed E-state index contributed by atoms with van der Waals surface area (Å²) in [4.78, 5) is 10.3. The van der Waals surface area contributed by atoms with Gasteiger partial charge >= 0.3 is 0 Å². The van der Waals surface area contributed by atoms with Crippen LogP contribution in [-0.4, -0.2) is 10.6 Å². The van der Waals surface area contributed by atoms with E-state index in [0.717, 1.165) is 50.3 Å². The maximum absolute atomic E-state index is 12.4. The fraction of sp³-hybridized carbons (Fsp3) is 0.833. The van der Waals surface area contributed by atoms with Gasteiger partial charge in [0.25, 0.3) is 0 Å². The van der Waals surface area contributed by atoms with Crippen molar-refractivity contribution in [2.24, 2.45) is 0 Å². The minimum atomic E-state index is -2.98. The van der Waals surface area contributed by atoms with Crippen LogP contribution in [-0.2, 0) is 4.57 Å². The van der Waals surface area contributed by atoms with Gasteiger partial charge in [-0.2, -0.15) is 0 Å². The van der Waals surface area contributed by atoms with Crippen LogP contribution >= 0.6 is 7.37 Å². The van der Waals surface area contributed by atoms with Gasteiger partial charge in [-0.05, 0) is 38.5 Å². The lowest BCUT2D eigenvalue weighted by atomic mass is 10.0. The molecule has 86 valence electrons. The smallest absolute Gasteiger partial charge is 0.228 e. The van der Waals surface area contributed by atoms with Gasteiger partial charge in [0.1, 0.15) is 0 Å². The van der Waals surface area contributed by atoms with Crippen LogP contribution in [0.2, 0.25) is 0 Å².